The van der Waals surface area contributed by atoms with Crippen LogP contribution in [-0.2, 0) is 14.3 Å². The molecular weight excluding hydrogens is 460 g/mol. The predicted octanol–water partition coefficient (Wildman–Crippen LogP) is 3.14. The molecule has 1 unspecified atom stereocenters. The SMILES string of the molecule is COC(=O)C(CC(=O)[C@@H]1CC[C@@H](C)N(C(=O)c2ccccc2-n2nccn2)C1)C(=O)c1ccccc1. The number of likely N-dealkylation sites (tertiary alicyclic amines) is 1. The van der Waals surface area contributed by atoms with Crippen LogP contribution in [0, 0.1) is 11.8 Å². The minimum atomic E-state index is -1.22. The van der Waals surface area contributed by atoms with Crippen molar-refractivity contribution in [2.75, 3.05) is 13.7 Å². The zero-order chi connectivity index (χ0) is 25.7. The van der Waals surface area contributed by atoms with Gasteiger partial charge in [0, 0.05) is 30.5 Å². The first-order valence-corrected chi connectivity index (χ1v) is 11.9. The number of hydrogen-bond acceptors (Lipinski definition) is 7. The molecule has 0 bridgehead atoms. The molecule has 0 radical (unpaired) electrons. The van der Waals surface area contributed by atoms with Gasteiger partial charge in [-0.3, -0.25) is 19.2 Å². The number of aromatic nitrogens is 3. The highest BCUT2D eigenvalue weighted by molar-refractivity contribution is 6.10. The number of para-hydroxylation sites is 1. The van der Waals surface area contributed by atoms with Gasteiger partial charge in [-0.25, -0.2) is 0 Å². The average molecular weight is 489 g/mol. The van der Waals surface area contributed by atoms with Gasteiger partial charge in [-0.05, 0) is 31.9 Å². The van der Waals surface area contributed by atoms with E-state index in [2.05, 4.69) is 10.2 Å². The number of benzene rings is 2. The number of esters is 1. The van der Waals surface area contributed by atoms with Gasteiger partial charge in [-0.2, -0.15) is 15.0 Å². The summed E-state index contributed by atoms with van der Waals surface area (Å²) in [6.07, 6.45) is 4.00. The van der Waals surface area contributed by atoms with E-state index in [-0.39, 0.29) is 30.7 Å². The van der Waals surface area contributed by atoms with Crippen molar-refractivity contribution >= 4 is 23.4 Å². The number of ether oxygens (including phenoxy) is 1. The third kappa shape index (κ3) is 5.25. The van der Waals surface area contributed by atoms with E-state index in [1.807, 2.05) is 6.92 Å². The van der Waals surface area contributed by atoms with E-state index in [1.54, 1.807) is 59.5 Å². The van der Waals surface area contributed by atoms with E-state index in [0.717, 1.165) is 0 Å². The third-order valence-corrected chi connectivity index (χ3v) is 6.63. The molecule has 3 aromatic rings. The molecule has 1 aliphatic heterocycles. The quantitative estimate of drug-likeness (QED) is 0.272. The van der Waals surface area contributed by atoms with Crippen LogP contribution in [-0.4, -0.2) is 63.0 Å². The largest absolute Gasteiger partial charge is 0.468 e. The van der Waals surface area contributed by atoms with Gasteiger partial charge in [-0.15, -0.1) is 0 Å². The Balaban J connectivity index is 1.52. The highest BCUT2D eigenvalue weighted by atomic mass is 16.5. The molecule has 0 spiro atoms. The van der Waals surface area contributed by atoms with Gasteiger partial charge in [0.05, 0.1) is 30.8 Å². The van der Waals surface area contributed by atoms with Gasteiger partial charge < -0.3 is 9.64 Å². The number of Topliss-reactive ketones (excluding diaryl/α,β-unsaturated/α-hetero) is 2. The molecule has 2 heterocycles. The van der Waals surface area contributed by atoms with Crippen LogP contribution in [0.2, 0.25) is 0 Å². The molecule has 0 N–H and O–H groups in total. The molecule has 0 aliphatic carbocycles. The van der Waals surface area contributed by atoms with Crippen molar-refractivity contribution in [2.24, 2.45) is 11.8 Å². The van der Waals surface area contributed by atoms with E-state index in [9.17, 15) is 19.2 Å². The van der Waals surface area contributed by atoms with Crippen LogP contribution in [0.1, 0.15) is 46.9 Å². The Bertz CT molecular complexity index is 1240. The van der Waals surface area contributed by atoms with E-state index in [4.69, 9.17) is 4.74 Å². The molecule has 1 aliphatic rings. The van der Waals surface area contributed by atoms with Crippen LogP contribution in [0.25, 0.3) is 5.69 Å². The van der Waals surface area contributed by atoms with Crippen molar-refractivity contribution in [2.45, 2.75) is 32.2 Å². The summed E-state index contributed by atoms with van der Waals surface area (Å²) in [4.78, 5) is 55.4. The molecule has 1 fully saturated rings. The summed E-state index contributed by atoms with van der Waals surface area (Å²) in [5.41, 5.74) is 1.33. The van der Waals surface area contributed by atoms with Crippen molar-refractivity contribution in [3.8, 4) is 5.69 Å². The summed E-state index contributed by atoms with van der Waals surface area (Å²) in [6, 6.07) is 15.4. The summed E-state index contributed by atoms with van der Waals surface area (Å²) in [5.74, 6) is -3.36. The van der Waals surface area contributed by atoms with Crippen LogP contribution < -0.4 is 0 Å². The van der Waals surface area contributed by atoms with Crippen LogP contribution in [0.4, 0.5) is 0 Å². The van der Waals surface area contributed by atoms with Gasteiger partial charge >= 0.3 is 5.97 Å². The lowest BCUT2D eigenvalue weighted by Crippen LogP contribution is -2.48. The Morgan fingerprint density at radius 3 is 2.33 bits per heavy atom. The second kappa shape index (κ2) is 11.1. The lowest BCUT2D eigenvalue weighted by Gasteiger charge is -2.38. The fraction of sp³-hybridized carbons (Fsp3) is 0.333. The van der Waals surface area contributed by atoms with Crippen LogP contribution in [0.5, 0.6) is 0 Å². The highest BCUT2D eigenvalue weighted by Crippen LogP contribution is 2.28. The summed E-state index contributed by atoms with van der Waals surface area (Å²) < 4.78 is 4.84. The molecule has 9 heteroatoms. The van der Waals surface area contributed by atoms with Crippen LogP contribution in [0.15, 0.2) is 67.0 Å². The monoisotopic (exact) mass is 488 g/mol. The standard InChI is InChI=1S/C27H28N4O5/c1-18-12-13-20(24(32)16-22(27(35)36-2)25(33)19-8-4-3-5-9-19)17-30(18)26(34)21-10-6-7-11-23(21)31-28-14-15-29-31/h3-11,14-15,18,20,22H,12-13,16-17H2,1-2H3/t18-,20-,22?/m1/s1. The first-order chi connectivity index (χ1) is 17.4. The van der Waals surface area contributed by atoms with Gasteiger partial charge in [0.15, 0.2) is 5.78 Å². The molecule has 0 saturated carbocycles. The third-order valence-electron chi connectivity index (χ3n) is 6.63. The number of nitrogens with zero attached hydrogens (tertiary/aromatic N) is 4. The van der Waals surface area contributed by atoms with Crippen molar-refractivity contribution in [3.63, 3.8) is 0 Å². The van der Waals surface area contributed by atoms with E-state index in [1.165, 1.54) is 24.3 Å². The fourth-order valence-corrected chi connectivity index (χ4v) is 4.57. The molecule has 36 heavy (non-hydrogen) atoms. The summed E-state index contributed by atoms with van der Waals surface area (Å²) in [5, 5.41) is 8.28. The van der Waals surface area contributed by atoms with Gasteiger partial charge in [-0.1, -0.05) is 42.5 Å². The molecule has 4 rings (SSSR count). The Morgan fingerprint density at radius 1 is 0.972 bits per heavy atom. The fourth-order valence-electron chi connectivity index (χ4n) is 4.57. The molecule has 1 saturated heterocycles. The Hall–Kier alpha value is -4.14. The Labute approximate surface area is 209 Å². The maximum Gasteiger partial charge on any atom is 0.317 e. The number of carbonyl (C=O) groups excluding carboxylic acids is 4. The summed E-state index contributed by atoms with van der Waals surface area (Å²) in [6.45, 7) is 2.15. The van der Waals surface area contributed by atoms with E-state index < -0.39 is 23.6 Å². The Kier molecular flexibility index (Phi) is 7.68. The summed E-state index contributed by atoms with van der Waals surface area (Å²) >= 11 is 0. The van der Waals surface area contributed by atoms with Gasteiger partial charge in [0.25, 0.3) is 5.91 Å². The van der Waals surface area contributed by atoms with Crippen molar-refractivity contribution in [1.29, 1.82) is 0 Å². The highest BCUT2D eigenvalue weighted by Gasteiger charge is 2.37. The number of methoxy groups -OCH3 is 1. The number of amides is 1. The zero-order valence-electron chi connectivity index (χ0n) is 20.2. The molecule has 9 nitrogen and oxygen atoms in total. The Morgan fingerprint density at radius 2 is 1.64 bits per heavy atom. The first-order valence-electron chi connectivity index (χ1n) is 11.9. The normalized spacial score (nSPS) is 18.3. The van der Waals surface area contributed by atoms with Gasteiger partial charge in [0.2, 0.25) is 0 Å². The zero-order valence-corrected chi connectivity index (χ0v) is 20.2. The minimum absolute atomic E-state index is 0.0810. The number of piperidine rings is 1. The predicted molar refractivity (Wildman–Crippen MR) is 130 cm³/mol. The van der Waals surface area contributed by atoms with E-state index >= 15 is 0 Å². The first kappa shape index (κ1) is 25.0. The topological polar surface area (TPSA) is 111 Å². The van der Waals surface area contributed by atoms with Gasteiger partial charge in [0.1, 0.15) is 11.7 Å². The number of carbonyl (C=O) groups is 4. The molecule has 1 amide bonds. The molecular formula is C27H28N4O5. The number of hydrogen-bond donors (Lipinski definition) is 0. The van der Waals surface area contributed by atoms with Crippen LogP contribution >= 0.6 is 0 Å². The minimum Gasteiger partial charge on any atom is -0.468 e. The number of ketones is 2. The second-order valence-corrected chi connectivity index (χ2v) is 8.89. The molecule has 3 atom stereocenters. The maximum absolute atomic E-state index is 13.6. The number of rotatable bonds is 8. The second-order valence-electron chi connectivity index (χ2n) is 8.89. The van der Waals surface area contributed by atoms with Crippen molar-refractivity contribution in [1.82, 2.24) is 19.9 Å². The lowest BCUT2D eigenvalue weighted by atomic mass is 9.84. The van der Waals surface area contributed by atoms with Crippen molar-refractivity contribution < 1.29 is 23.9 Å². The van der Waals surface area contributed by atoms with Crippen molar-refractivity contribution in [3.05, 3.63) is 78.1 Å². The molecule has 186 valence electrons. The maximum atomic E-state index is 13.6. The van der Waals surface area contributed by atoms with Crippen LogP contribution in [0.3, 0.4) is 0 Å². The smallest absolute Gasteiger partial charge is 0.317 e. The summed E-state index contributed by atoms with van der Waals surface area (Å²) in [7, 11) is 1.20. The average Bonchev–Trinajstić information content (AvgIpc) is 3.46. The molecule has 2 aromatic carbocycles. The molecule has 1 aromatic heterocycles. The van der Waals surface area contributed by atoms with E-state index in [0.29, 0.717) is 29.7 Å². The lowest BCUT2D eigenvalue weighted by molar-refractivity contribution is -0.145.